The number of carbonyl (C=O) groups is 1. The zero-order valence-electron chi connectivity index (χ0n) is 11.5. The van der Waals surface area contributed by atoms with Gasteiger partial charge < -0.3 is 9.47 Å². The van der Waals surface area contributed by atoms with Crippen LogP contribution in [0.25, 0.3) is 0 Å². The van der Waals surface area contributed by atoms with Gasteiger partial charge in [-0.05, 0) is 17.7 Å². The lowest BCUT2D eigenvalue weighted by Gasteiger charge is -2.24. The second kappa shape index (κ2) is 5.14. The van der Waals surface area contributed by atoms with E-state index in [1.54, 1.807) is 6.07 Å². The number of nitrogens with zero attached hydrogens (tertiary/aromatic N) is 1. The molecule has 108 valence electrons. The van der Waals surface area contributed by atoms with Crippen LogP contribution in [0.2, 0.25) is 0 Å². The third-order valence-electron chi connectivity index (χ3n) is 4.33. The molecule has 3 rings (SSSR count). The van der Waals surface area contributed by atoms with Gasteiger partial charge in [-0.15, -0.1) is 0 Å². The molecule has 2 heterocycles. The van der Waals surface area contributed by atoms with Crippen molar-refractivity contribution >= 4 is 5.97 Å². The predicted octanol–water partition coefficient (Wildman–Crippen LogP) is 1.45. The molecule has 0 aliphatic carbocycles. The second-order valence-corrected chi connectivity index (χ2v) is 5.66. The van der Waals surface area contributed by atoms with Crippen molar-refractivity contribution in [3.63, 3.8) is 0 Å². The summed E-state index contributed by atoms with van der Waals surface area (Å²) in [6.45, 7) is 3.05. The van der Waals surface area contributed by atoms with E-state index in [-0.39, 0.29) is 17.7 Å². The highest BCUT2D eigenvalue weighted by Gasteiger charge is 2.56. The first-order valence-electron chi connectivity index (χ1n) is 6.77. The molecule has 2 aliphatic rings. The molecule has 2 atom stereocenters. The minimum atomic E-state index is -0.540. The monoisotopic (exact) mass is 279 g/mol. The molecule has 2 aliphatic heterocycles. The highest BCUT2D eigenvalue weighted by atomic mass is 19.1. The first-order chi connectivity index (χ1) is 9.64. The average molecular weight is 279 g/mol. The Morgan fingerprint density at radius 1 is 1.60 bits per heavy atom. The predicted molar refractivity (Wildman–Crippen MR) is 70.4 cm³/mol. The number of rotatable bonds is 3. The topological polar surface area (TPSA) is 38.8 Å². The summed E-state index contributed by atoms with van der Waals surface area (Å²) in [5, 5.41) is 0. The average Bonchev–Trinajstić information content (AvgIpc) is 2.95. The van der Waals surface area contributed by atoms with E-state index in [0.717, 1.165) is 12.1 Å². The molecular formula is C15H18FNO3. The highest BCUT2D eigenvalue weighted by molar-refractivity contribution is 5.78. The lowest BCUT2D eigenvalue weighted by atomic mass is 9.81. The van der Waals surface area contributed by atoms with Crippen molar-refractivity contribution in [2.75, 3.05) is 33.4 Å². The molecule has 0 bridgehead atoms. The van der Waals surface area contributed by atoms with Crippen molar-refractivity contribution in [1.29, 1.82) is 0 Å². The Labute approximate surface area is 117 Å². The van der Waals surface area contributed by atoms with E-state index in [2.05, 4.69) is 4.90 Å². The smallest absolute Gasteiger partial charge is 0.315 e. The van der Waals surface area contributed by atoms with Gasteiger partial charge in [0.15, 0.2) is 0 Å². The minimum absolute atomic E-state index is 0.170. The zero-order chi connectivity index (χ0) is 14.2. The minimum Gasteiger partial charge on any atom is -0.468 e. The molecule has 5 heteroatoms. The molecule has 1 aromatic rings. The largest absolute Gasteiger partial charge is 0.468 e. The number of likely N-dealkylation sites (tertiary alicyclic amines) is 1. The van der Waals surface area contributed by atoms with Gasteiger partial charge in [-0.3, -0.25) is 9.69 Å². The van der Waals surface area contributed by atoms with Crippen molar-refractivity contribution in [1.82, 2.24) is 4.90 Å². The summed E-state index contributed by atoms with van der Waals surface area (Å²) in [4.78, 5) is 14.3. The van der Waals surface area contributed by atoms with Gasteiger partial charge in [0.25, 0.3) is 0 Å². The SMILES string of the molecule is COC(=O)[C@@]12COC[C@@H]1CN(Cc1cccc(F)c1)C2. The zero-order valence-corrected chi connectivity index (χ0v) is 11.5. The van der Waals surface area contributed by atoms with Crippen LogP contribution in [0.5, 0.6) is 0 Å². The van der Waals surface area contributed by atoms with Crippen molar-refractivity contribution in [3.05, 3.63) is 35.6 Å². The molecule has 0 N–H and O–H groups in total. The van der Waals surface area contributed by atoms with E-state index in [4.69, 9.17) is 9.47 Å². The molecule has 0 amide bonds. The maximum atomic E-state index is 13.2. The third-order valence-corrected chi connectivity index (χ3v) is 4.33. The molecular weight excluding hydrogens is 261 g/mol. The number of esters is 1. The fraction of sp³-hybridized carbons (Fsp3) is 0.533. The number of carbonyl (C=O) groups excluding carboxylic acids is 1. The van der Waals surface area contributed by atoms with Gasteiger partial charge in [-0.2, -0.15) is 0 Å². The summed E-state index contributed by atoms with van der Waals surface area (Å²) in [5.74, 6) is -0.252. The Bertz CT molecular complexity index is 522. The van der Waals surface area contributed by atoms with Gasteiger partial charge in [0.1, 0.15) is 11.2 Å². The summed E-state index contributed by atoms with van der Waals surface area (Å²) >= 11 is 0. The van der Waals surface area contributed by atoms with E-state index < -0.39 is 5.41 Å². The molecule has 1 aromatic carbocycles. The summed E-state index contributed by atoms with van der Waals surface area (Å²) in [6, 6.07) is 6.58. The van der Waals surface area contributed by atoms with Gasteiger partial charge >= 0.3 is 5.97 Å². The van der Waals surface area contributed by atoms with E-state index in [0.29, 0.717) is 26.3 Å². The number of benzene rings is 1. The van der Waals surface area contributed by atoms with Crippen LogP contribution in [0.15, 0.2) is 24.3 Å². The fourth-order valence-corrected chi connectivity index (χ4v) is 3.35. The number of ether oxygens (including phenoxy) is 2. The van der Waals surface area contributed by atoms with Crippen LogP contribution < -0.4 is 0 Å². The Balaban J connectivity index is 1.74. The van der Waals surface area contributed by atoms with Gasteiger partial charge in [0, 0.05) is 25.6 Å². The number of fused-ring (bicyclic) bond motifs is 1. The second-order valence-electron chi connectivity index (χ2n) is 5.66. The fourth-order valence-electron chi connectivity index (χ4n) is 3.35. The Kier molecular flexibility index (Phi) is 3.48. The van der Waals surface area contributed by atoms with Crippen molar-refractivity contribution < 1.29 is 18.7 Å². The number of hydrogen-bond donors (Lipinski definition) is 0. The van der Waals surface area contributed by atoms with Crippen LogP contribution >= 0.6 is 0 Å². The van der Waals surface area contributed by atoms with Crippen LogP contribution in [0, 0.1) is 17.2 Å². The normalized spacial score (nSPS) is 29.4. The van der Waals surface area contributed by atoms with Crippen LogP contribution in [0.4, 0.5) is 4.39 Å². The quantitative estimate of drug-likeness (QED) is 0.785. The van der Waals surface area contributed by atoms with Gasteiger partial charge in [0.05, 0.1) is 20.3 Å². The maximum Gasteiger partial charge on any atom is 0.315 e. The van der Waals surface area contributed by atoms with E-state index in [1.165, 1.54) is 19.2 Å². The molecule has 0 unspecified atom stereocenters. The first kappa shape index (κ1) is 13.5. The Morgan fingerprint density at radius 3 is 3.20 bits per heavy atom. The standard InChI is InChI=1S/C15H18FNO3/c1-19-14(18)15-9-17(7-12(15)8-20-10-15)6-11-3-2-4-13(16)5-11/h2-5,12H,6-10H2,1H3/t12-,15-/m0/s1. The van der Waals surface area contributed by atoms with Crippen LogP contribution in [0.1, 0.15) is 5.56 Å². The molecule has 20 heavy (non-hydrogen) atoms. The Hall–Kier alpha value is -1.46. The molecule has 0 radical (unpaired) electrons. The number of hydrogen-bond acceptors (Lipinski definition) is 4. The lowest BCUT2D eigenvalue weighted by Crippen LogP contribution is -2.40. The molecule has 2 saturated heterocycles. The van der Waals surface area contributed by atoms with E-state index in [9.17, 15) is 9.18 Å². The highest BCUT2D eigenvalue weighted by Crippen LogP contribution is 2.42. The van der Waals surface area contributed by atoms with Crippen molar-refractivity contribution in [2.45, 2.75) is 6.54 Å². The maximum absolute atomic E-state index is 13.2. The number of methoxy groups -OCH3 is 1. The molecule has 0 saturated carbocycles. The molecule has 4 nitrogen and oxygen atoms in total. The van der Waals surface area contributed by atoms with Gasteiger partial charge in [-0.25, -0.2) is 4.39 Å². The summed E-state index contributed by atoms with van der Waals surface area (Å²) in [7, 11) is 1.42. The molecule has 2 fully saturated rings. The van der Waals surface area contributed by atoms with Crippen molar-refractivity contribution in [3.8, 4) is 0 Å². The summed E-state index contributed by atoms with van der Waals surface area (Å²) < 4.78 is 23.6. The lowest BCUT2D eigenvalue weighted by molar-refractivity contribution is -0.153. The Morgan fingerprint density at radius 2 is 2.45 bits per heavy atom. The summed E-state index contributed by atoms with van der Waals surface area (Å²) in [6.07, 6.45) is 0. The third kappa shape index (κ3) is 2.21. The van der Waals surface area contributed by atoms with Gasteiger partial charge in [-0.1, -0.05) is 12.1 Å². The van der Waals surface area contributed by atoms with Gasteiger partial charge in [0.2, 0.25) is 0 Å². The van der Waals surface area contributed by atoms with Crippen LogP contribution in [-0.4, -0.2) is 44.3 Å². The van der Waals surface area contributed by atoms with Crippen LogP contribution in [0.3, 0.4) is 0 Å². The number of halogens is 1. The van der Waals surface area contributed by atoms with Crippen molar-refractivity contribution in [2.24, 2.45) is 11.3 Å². The van der Waals surface area contributed by atoms with E-state index >= 15 is 0 Å². The first-order valence-corrected chi connectivity index (χ1v) is 6.77. The summed E-state index contributed by atoms with van der Waals surface area (Å²) in [5.41, 5.74) is 0.383. The van der Waals surface area contributed by atoms with Crippen LogP contribution in [-0.2, 0) is 20.8 Å². The van der Waals surface area contributed by atoms with E-state index in [1.807, 2.05) is 6.07 Å². The molecule has 0 spiro atoms. The molecule has 0 aromatic heterocycles.